The topological polar surface area (TPSA) is 87.3 Å². The number of hydrogen-bond acceptors (Lipinski definition) is 3. The van der Waals surface area contributed by atoms with Crippen molar-refractivity contribution < 1.29 is 14.4 Å². The number of carbonyl (C=O) groups is 3. The number of hydrogen-bond donors (Lipinski definition) is 3. The molecule has 4 aromatic carbocycles. The molecule has 0 saturated heterocycles. The van der Waals surface area contributed by atoms with Crippen LogP contribution in [0, 0.1) is 0 Å². The molecular weight excluding hydrogens is 414 g/mol. The van der Waals surface area contributed by atoms with Gasteiger partial charge in [0.2, 0.25) is 0 Å². The summed E-state index contributed by atoms with van der Waals surface area (Å²) >= 11 is 0. The van der Waals surface area contributed by atoms with Crippen molar-refractivity contribution >= 4 is 29.2 Å². The van der Waals surface area contributed by atoms with E-state index in [2.05, 4.69) is 16.0 Å². The summed E-state index contributed by atoms with van der Waals surface area (Å²) in [5.74, 6) is -0.771. The van der Waals surface area contributed by atoms with Crippen LogP contribution in [0.4, 0.5) is 16.2 Å². The lowest BCUT2D eigenvalue weighted by Gasteiger charge is -2.10. The lowest BCUT2D eigenvalue weighted by Crippen LogP contribution is -2.34. The van der Waals surface area contributed by atoms with E-state index in [4.69, 9.17) is 0 Å². The van der Waals surface area contributed by atoms with Crippen LogP contribution in [0.5, 0.6) is 0 Å². The lowest BCUT2D eigenvalue weighted by atomic mass is 10.0. The van der Waals surface area contributed by atoms with Gasteiger partial charge in [0.15, 0.2) is 0 Å². The Morgan fingerprint density at radius 3 is 1.70 bits per heavy atom. The fraction of sp³-hybridized carbons (Fsp3) is 0. The first-order valence-electron chi connectivity index (χ1n) is 10.3. The van der Waals surface area contributed by atoms with Crippen LogP contribution in [0.2, 0.25) is 0 Å². The highest BCUT2D eigenvalue weighted by molar-refractivity contribution is 6.08. The molecule has 3 N–H and O–H groups in total. The van der Waals surface area contributed by atoms with Crippen molar-refractivity contribution in [3.05, 3.63) is 120 Å². The monoisotopic (exact) mass is 435 g/mol. The molecule has 0 unspecified atom stereocenters. The van der Waals surface area contributed by atoms with Crippen molar-refractivity contribution in [3.63, 3.8) is 0 Å². The van der Waals surface area contributed by atoms with E-state index >= 15 is 0 Å². The van der Waals surface area contributed by atoms with Gasteiger partial charge in [0, 0.05) is 22.5 Å². The molecule has 6 heteroatoms. The van der Waals surface area contributed by atoms with Crippen molar-refractivity contribution in [3.8, 4) is 11.1 Å². The third-order valence-corrected chi connectivity index (χ3v) is 4.90. The normalized spacial score (nSPS) is 10.2. The average molecular weight is 435 g/mol. The van der Waals surface area contributed by atoms with Crippen LogP contribution in [-0.2, 0) is 0 Å². The molecule has 0 spiro atoms. The van der Waals surface area contributed by atoms with Gasteiger partial charge in [-0.3, -0.25) is 14.9 Å². The second-order valence-electron chi connectivity index (χ2n) is 7.25. The first kappa shape index (κ1) is 21.5. The zero-order valence-electron chi connectivity index (χ0n) is 17.6. The van der Waals surface area contributed by atoms with Crippen LogP contribution >= 0.6 is 0 Å². The molecular formula is C27H21N3O3. The van der Waals surface area contributed by atoms with Crippen molar-refractivity contribution in [1.29, 1.82) is 0 Å². The van der Waals surface area contributed by atoms with Gasteiger partial charge in [0.1, 0.15) is 0 Å². The number of nitrogens with one attached hydrogen (secondary N) is 3. The Bertz CT molecular complexity index is 1270. The minimum Gasteiger partial charge on any atom is -0.322 e. The molecule has 0 bridgehead atoms. The van der Waals surface area contributed by atoms with Crippen LogP contribution < -0.4 is 16.0 Å². The number of anilines is 2. The molecule has 0 saturated carbocycles. The molecule has 4 amide bonds. The second kappa shape index (κ2) is 10.1. The number of rotatable bonds is 5. The summed E-state index contributed by atoms with van der Waals surface area (Å²) in [6.45, 7) is 0. The van der Waals surface area contributed by atoms with Crippen molar-refractivity contribution in [1.82, 2.24) is 5.32 Å². The standard InChI is InChI=1S/C27H21N3O3/c31-25(21-10-5-2-6-11-21)28-23-12-7-13-24(18-23)29-27(33)30-26(32)22-16-14-20(15-17-22)19-8-3-1-4-9-19/h1-18H,(H,28,31)(H2,29,30,32,33). The van der Waals surface area contributed by atoms with Crippen molar-refractivity contribution in [2.24, 2.45) is 0 Å². The Labute approximate surface area is 191 Å². The minimum absolute atomic E-state index is 0.258. The number of carbonyl (C=O) groups excluding carboxylic acids is 3. The molecule has 0 aliphatic rings. The number of amides is 4. The Kier molecular flexibility index (Phi) is 6.56. The highest BCUT2D eigenvalue weighted by atomic mass is 16.2. The molecule has 0 fully saturated rings. The Balaban J connectivity index is 1.35. The van der Waals surface area contributed by atoms with E-state index in [0.717, 1.165) is 11.1 Å². The predicted molar refractivity (Wildman–Crippen MR) is 129 cm³/mol. The molecule has 0 aromatic heterocycles. The zero-order valence-corrected chi connectivity index (χ0v) is 17.6. The van der Waals surface area contributed by atoms with Gasteiger partial charge in [-0.05, 0) is 53.6 Å². The molecule has 0 aliphatic heterocycles. The summed E-state index contributed by atoms with van der Waals surface area (Å²) in [5.41, 5.74) is 3.87. The molecule has 0 radical (unpaired) electrons. The average Bonchev–Trinajstić information content (AvgIpc) is 2.85. The maximum absolute atomic E-state index is 12.4. The fourth-order valence-electron chi connectivity index (χ4n) is 3.25. The first-order chi connectivity index (χ1) is 16.1. The predicted octanol–water partition coefficient (Wildman–Crippen LogP) is 5.57. The summed E-state index contributed by atoms with van der Waals surface area (Å²) in [6, 6.07) is 31.6. The summed E-state index contributed by atoms with van der Waals surface area (Å²) in [6.07, 6.45) is 0. The smallest absolute Gasteiger partial charge is 0.322 e. The van der Waals surface area contributed by atoms with Crippen LogP contribution in [0.15, 0.2) is 109 Å². The molecule has 0 atom stereocenters. The number of benzene rings is 4. The van der Waals surface area contributed by atoms with Gasteiger partial charge in [-0.2, -0.15) is 0 Å². The highest BCUT2D eigenvalue weighted by Crippen LogP contribution is 2.19. The van der Waals surface area contributed by atoms with Gasteiger partial charge in [0.25, 0.3) is 11.8 Å². The van der Waals surface area contributed by atoms with E-state index in [1.807, 2.05) is 48.5 Å². The molecule has 4 rings (SSSR count). The van der Waals surface area contributed by atoms with Crippen molar-refractivity contribution in [2.75, 3.05) is 10.6 Å². The third kappa shape index (κ3) is 5.71. The Hall–Kier alpha value is -4.71. The van der Waals surface area contributed by atoms with Crippen molar-refractivity contribution in [2.45, 2.75) is 0 Å². The Morgan fingerprint density at radius 1 is 0.485 bits per heavy atom. The van der Waals surface area contributed by atoms with E-state index in [-0.39, 0.29) is 5.91 Å². The Morgan fingerprint density at radius 2 is 1.03 bits per heavy atom. The molecule has 0 heterocycles. The van der Waals surface area contributed by atoms with Gasteiger partial charge >= 0.3 is 6.03 Å². The minimum atomic E-state index is -0.668. The highest BCUT2D eigenvalue weighted by Gasteiger charge is 2.12. The van der Waals surface area contributed by atoms with Gasteiger partial charge in [-0.25, -0.2) is 4.79 Å². The third-order valence-electron chi connectivity index (χ3n) is 4.90. The molecule has 0 aliphatic carbocycles. The van der Waals surface area contributed by atoms with Gasteiger partial charge < -0.3 is 10.6 Å². The van der Waals surface area contributed by atoms with E-state index in [1.54, 1.807) is 60.7 Å². The van der Waals surface area contributed by atoms with Gasteiger partial charge in [-0.1, -0.05) is 66.7 Å². The van der Waals surface area contributed by atoms with Gasteiger partial charge in [0.05, 0.1) is 0 Å². The maximum atomic E-state index is 12.4. The van der Waals surface area contributed by atoms with E-state index in [0.29, 0.717) is 22.5 Å². The summed E-state index contributed by atoms with van der Waals surface area (Å²) in [5, 5.41) is 7.70. The maximum Gasteiger partial charge on any atom is 0.326 e. The van der Waals surface area contributed by atoms with Crippen LogP contribution in [0.1, 0.15) is 20.7 Å². The van der Waals surface area contributed by atoms with E-state index in [1.165, 1.54) is 0 Å². The summed E-state index contributed by atoms with van der Waals surface area (Å²) in [4.78, 5) is 37.1. The number of urea groups is 1. The molecule has 162 valence electrons. The SMILES string of the molecule is O=C(NC(=O)c1ccc(-c2ccccc2)cc1)Nc1cccc(NC(=O)c2ccccc2)c1. The summed E-state index contributed by atoms with van der Waals surface area (Å²) < 4.78 is 0. The second-order valence-corrected chi connectivity index (χ2v) is 7.25. The largest absolute Gasteiger partial charge is 0.326 e. The van der Waals surface area contributed by atoms with E-state index < -0.39 is 11.9 Å². The molecule has 4 aromatic rings. The van der Waals surface area contributed by atoms with Crippen LogP contribution in [0.25, 0.3) is 11.1 Å². The van der Waals surface area contributed by atoms with E-state index in [9.17, 15) is 14.4 Å². The molecule has 33 heavy (non-hydrogen) atoms. The van der Waals surface area contributed by atoms with Gasteiger partial charge in [-0.15, -0.1) is 0 Å². The molecule has 6 nitrogen and oxygen atoms in total. The zero-order chi connectivity index (χ0) is 23.0. The lowest BCUT2D eigenvalue weighted by molar-refractivity contribution is 0.0966. The summed E-state index contributed by atoms with van der Waals surface area (Å²) in [7, 11) is 0. The number of imide groups is 1. The van der Waals surface area contributed by atoms with Crippen LogP contribution in [0.3, 0.4) is 0 Å². The fourth-order valence-corrected chi connectivity index (χ4v) is 3.25. The first-order valence-corrected chi connectivity index (χ1v) is 10.3. The van der Waals surface area contributed by atoms with Crippen LogP contribution in [-0.4, -0.2) is 17.8 Å². The quantitative estimate of drug-likeness (QED) is 0.383.